The molecule has 0 amide bonds. The second-order valence-electron chi connectivity index (χ2n) is 4.32. The molecule has 19 heavy (non-hydrogen) atoms. The minimum Gasteiger partial charge on any atom is -0.842 e. The van der Waals surface area contributed by atoms with Crippen molar-refractivity contribution in [3.63, 3.8) is 0 Å². The Labute approximate surface area is 109 Å². The first kappa shape index (κ1) is 11.5. The Bertz CT molecular complexity index is 779. The van der Waals surface area contributed by atoms with Gasteiger partial charge in [-0.1, -0.05) is 36.4 Å². The predicted octanol–water partition coefficient (Wildman–Crippen LogP) is 0.709. The van der Waals surface area contributed by atoms with E-state index in [1.54, 1.807) is 22.9 Å². The maximum Gasteiger partial charge on any atom is 0.341 e. The van der Waals surface area contributed by atoms with Gasteiger partial charge in [-0.3, -0.25) is 0 Å². The molecule has 0 aliphatic carbocycles. The number of hydrogen-bond donors (Lipinski definition) is 0. The highest BCUT2D eigenvalue weighted by atomic mass is 16.3. The number of nitrogens with zero attached hydrogens (tertiary/aromatic N) is 2. The van der Waals surface area contributed by atoms with Gasteiger partial charge in [-0.15, -0.1) is 0 Å². The number of rotatable bonds is 2. The van der Waals surface area contributed by atoms with Crippen LogP contribution in [-0.2, 0) is 6.54 Å². The zero-order chi connectivity index (χ0) is 13.2. The SMILES string of the molecule is O=c1cc([O-])[n+](Cc2ccccc2)c2ccccn12. The lowest BCUT2D eigenvalue weighted by Crippen LogP contribution is -2.43. The summed E-state index contributed by atoms with van der Waals surface area (Å²) >= 11 is 0. The monoisotopic (exact) mass is 252 g/mol. The molecule has 0 spiro atoms. The quantitative estimate of drug-likeness (QED) is 0.631. The lowest BCUT2D eigenvalue weighted by molar-refractivity contribution is -0.709. The lowest BCUT2D eigenvalue weighted by atomic mass is 10.2. The molecule has 0 N–H and O–H groups in total. The Balaban J connectivity index is 2.21. The smallest absolute Gasteiger partial charge is 0.341 e. The fraction of sp³-hybridized carbons (Fsp3) is 0.0667. The van der Waals surface area contributed by atoms with Crippen molar-refractivity contribution in [3.05, 3.63) is 76.7 Å². The van der Waals surface area contributed by atoms with Gasteiger partial charge in [0.2, 0.25) is 0 Å². The van der Waals surface area contributed by atoms with Crippen LogP contribution in [0.4, 0.5) is 0 Å². The van der Waals surface area contributed by atoms with Gasteiger partial charge < -0.3 is 5.11 Å². The summed E-state index contributed by atoms with van der Waals surface area (Å²) in [7, 11) is 0. The molecule has 4 nitrogen and oxygen atoms in total. The highest BCUT2D eigenvalue weighted by Crippen LogP contribution is 2.03. The molecule has 4 heteroatoms. The van der Waals surface area contributed by atoms with Crippen molar-refractivity contribution in [2.24, 2.45) is 0 Å². The molecule has 0 unspecified atom stereocenters. The van der Waals surface area contributed by atoms with Crippen molar-refractivity contribution >= 4 is 5.65 Å². The van der Waals surface area contributed by atoms with E-state index in [4.69, 9.17) is 0 Å². The third-order valence-electron chi connectivity index (χ3n) is 3.05. The second kappa shape index (κ2) is 4.57. The highest BCUT2D eigenvalue weighted by Gasteiger charge is 2.11. The van der Waals surface area contributed by atoms with E-state index in [-0.39, 0.29) is 11.4 Å². The molecule has 0 bridgehead atoms. The number of pyridine rings is 1. The van der Waals surface area contributed by atoms with Crippen molar-refractivity contribution in [1.29, 1.82) is 0 Å². The normalized spacial score (nSPS) is 10.7. The summed E-state index contributed by atoms with van der Waals surface area (Å²) in [5.41, 5.74) is 1.32. The first-order valence-electron chi connectivity index (χ1n) is 6.01. The second-order valence-corrected chi connectivity index (χ2v) is 4.32. The molecule has 0 atom stereocenters. The van der Waals surface area contributed by atoms with Crippen LogP contribution in [-0.4, -0.2) is 4.40 Å². The van der Waals surface area contributed by atoms with Crippen molar-refractivity contribution in [1.82, 2.24) is 4.40 Å². The maximum absolute atomic E-state index is 12.0. The van der Waals surface area contributed by atoms with Crippen LogP contribution in [0.2, 0.25) is 0 Å². The lowest BCUT2D eigenvalue weighted by Gasteiger charge is -2.12. The van der Waals surface area contributed by atoms with Crippen LogP contribution in [0.25, 0.3) is 5.65 Å². The molecule has 94 valence electrons. The fourth-order valence-corrected chi connectivity index (χ4v) is 2.13. The minimum absolute atomic E-state index is 0.278. The third-order valence-corrected chi connectivity index (χ3v) is 3.05. The van der Waals surface area contributed by atoms with Crippen molar-refractivity contribution in [2.75, 3.05) is 0 Å². The molecule has 0 aliphatic heterocycles. The molecule has 0 radical (unpaired) electrons. The van der Waals surface area contributed by atoms with Crippen LogP contribution >= 0.6 is 0 Å². The summed E-state index contributed by atoms with van der Waals surface area (Å²) in [5, 5.41) is 12.0. The minimum atomic E-state index is -0.301. The van der Waals surface area contributed by atoms with Crippen LogP contribution in [0.15, 0.2) is 65.6 Å². The standard InChI is InChI=1S/C15H12N2O2/c18-14-10-15(19)17(11-12-6-2-1-3-7-12)13-8-4-5-9-16(13)14/h1-10H,11H2. The molecule has 0 saturated carbocycles. The van der Waals surface area contributed by atoms with Crippen molar-refractivity contribution in [2.45, 2.75) is 6.54 Å². The molecule has 1 aromatic carbocycles. The van der Waals surface area contributed by atoms with Crippen LogP contribution in [0, 0.1) is 0 Å². The maximum atomic E-state index is 12.0. The Morgan fingerprint density at radius 3 is 2.58 bits per heavy atom. The zero-order valence-electron chi connectivity index (χ0n) is 10.2. The van der Waals surface area contributed by atoms with Gasteiger partial charge in [0, 0.05) is 6.07 Å². The van der Waals surface area contributed by atoms with Gasteiger partial charge >= 0.3 is 5.56 Å². The molecule has 2 aromatic heterocycles. The van der Waals surface area contributed by atoms with Gasteiger partial charge in [0.15, 0.2) is 0 Å². The summed E-state index contributed by atoms with van der Waals surface area (Å²) in [4.78, 5) is 11.8. The van der Waals surface area contributed by atoms with Crippen LogP contribution in [0.3, 0.4) is 0 Å². The Hall–Kier alpha value is -2.62. The molecule has 0 fully saturated rings. The molecule has 2 heterocycles. The van der Waals surface area contributed by atoms with Crippen molar-refractivity contribution in [3.8, 4) is 5.88 Å². The van der Waals surface area contributed by atoms with Crippen LogP contribution in [0.1, 0.15) is 5.56 Å². The Kier molecular flexibility index (Phi) is 2.76. The van der Waals surface area contributed by atoms with Gasteiger partial charge in [0.1, 0.15) is 6.54 Å². The van der Waals surface area contributed by atoms with Gasteiger partial charge in [-0.25, -0.2) is 9.36 Å². The topological polar surface area (TPSA) is 48.4 Å². The summed E-state index contributed by atoms with van der Waals surface area (Å²) < 4.78 is 3.07. The Morgan fingerprint density at radius 2 is 1.79 bits per heavy atom. The van der Waals surface area contributed by atoms with Gasteiger partial charge in [-0.2, -0.15) is 4.40 Å². The van der Waals surface area contributed by atoms with E-state index in [1.165, 1.54) is 4.40 Å². The van der Waals surface area contributed by atoms with E-state index in [0.29, 0.717) is 12.2 Å². The van der Waals surface area contributed by atoms with Gasteiger partial charge in [-0.05, 0) is 11.6 Å². The molecule has 3 aromatic rings. The summed E-state index contributed by atoms with van der Waals surface area (Å²) in [5.74, 6) is -0.278. The summed E-state index contributed by atoms with van der Waals surface area (Å²) in [6.45, 7) is 0.452. The molecule has 3 rings (SSSR count). The predicted molar refractivity (Wildman–Crippen MR) is 68.9 cm³/mol. The number of benzene rings is 1. The fourth-order valence-electron chi connectivity index (χ4n) is 2.13. The zero-order valence-corrected chi connectivity index (χ0v) is 10.2. The summed E-state index contributed by atoms with van der Waals surface area (Å²) in [6, 6.07) is 16.2. The average Bonchev–Trinajstić information content (AvgIpc) is 2.45. The van der Waals surface area contributed by atoms with E-state index in [1.807, 2.05) is 36.4 Å². The highest BCUT2D eigenvalue weighted by molar-refractivity contribution is 5.32. The van der Waals surface area contributed by atoms with E-state index in [0.717, 1.165) is 11.6 Å². The number of fused-ring (bicyclic) bond motifs is 1. The molecule has 0 saturated heterocycles. The molecular weight excluding hydrogens is 240 g/mol. The largest absolute Gasteiger partial charge is 0.842 e. The molecule has 0 aliphatic rings. The number of hydrogen-bond acceptors (Lipinski definition) is 2. The van der Waals surface area contributed by atoms with Gasteiger partial charge in [0.25, 0.3) is 5.65 Å². The summed E-state index contributed by atoms with van der Waals surface area (Å²) in [6.07, 6.45) is 1.67. The van der Waals surface area contributed by atoms with Gasteiger partial charge in [0.05, 0.1) is 18.1 Å². The average molecular weight is 252 g/mol. The Morgan fingerprint density at radius 1 is 1.05 bits per heavy atom. The first-order chi connectivity index (χ1) is 9.25. The first-order valence-corrected chi connectivity index (χ1v) is 6.01. The molecular formula is C15H12N2O2. The number of aromatic nitrogens is 2. The van der Waals surface area contributed by atoms with Crippen LogP contribution in [0.5, 0.6) is 5.88 Å². The third kappa shape index (κ3) is 2.08. The van der Waals surface area contributed by atoms with E-state index >= 15 is 0 Å². The van der Waals surface area contributed by atoms with E-state index < -0.39 is 0 Å². The van der Waals surface area contributed by atoms with Crippen LogP contribution < -0.4 is 15.2 Å². The van der Waals surface area contributed by atoms with E-state index in [9.17, 15) is 9.90 Å². The van der Waals surface area contributed by atoms with E-state index in [2.05, 4.69) is 0 Å². The van der Waals surface area contributed by atoms with Crippen molar-refractivity contribution < 1.29 is 9.67 Å².